The van der Waals surface area contributed by atoms with Crippen molar-refractivity contribution in [3.05, 3.63) is 24.3 Å². The molecule has 0 bridgehead atoms. The highest BCUT2D eigenvalue weighted by atomic mass is 32.2. The number of nitrogens with zero attached hydrogens (tertiary/aromatic N) is 1. The van der Waals surface area contributed by atoms with Gasteiger partial charge in [-0.05, 0) is 42.5 Å². The molecule has 138 valence electrons. The van der Waals surface area contributed by atoms with Gasteiger partial charge in [-0.1, -0.05) is 19.3 Å². The number of ether oxygens (including phenoxy) is 1. The monoisotopic (exact) mass is 366 g/mol. The summed E-state index contributed by atoms with van der Waals surface area (Å²) >= 11 is 0. The highest BCUT2D eigenvalue weighted by Crippen LogP contribution is 2.48. The van der Waals surface area contributed by atoms with E-state index in [1.54, 1.807) is 31.4 Å². The average molecular weight is 366 g/mol. The number of anilines is 1. The Balaban J connectivity index is 1.80. The molecule has 0 radical (unpaired) electrons. The summed E-state index contributed by atoms with van der Waals surface area (Å²) in [5.74, 6) is 0.341. The third-order valence-corrected chi connectivity index (χ3v) is 6.83. The van der Waals surface area contributed by atoms with Gasteiger partial charge in [0, 0.05) is 18.8 Å². The lowest BCUT2D eigenvalue weighted by Crippen LogP contribution is -2.39. The van der Waals surface area contributed by atoms with Crippen molar-refractivity contribution in [1.82, 2.24) is 4.31 Å². The topological polar surface area (TPSA) is 75.7 Å². The van der Waals surface area contributed by atoms with Crippen LogP contribution in [-0.2, 0) is 14.8 Å². The van der Waals surface area contributed by atoms with Crippen LogP contribution in [-0.4, -0.2) is 45.1 Å². The van der Waals surface area contributed by atoms with Gasteiger partial charge in [-0.25, -0.2) is 12.7 Å². The first-order valence-corrected chi connectivity index (χ1v) is 10.6. The Morgan fingerprint density at radius 3 is 2.40 bits per heavy atom. The summed E-state index contributed by atoms with van der Waals surface area (Å²) in [6.07, 6.45) is 6.34. The largest absolute Gasteiger partial charge is 0.497 e. The van der Waals surface area contributed by atoms with Gasteiger partial charge in [0.25, 0.3) is 0 Å². The van der Waals surface area contributed by atoms with Gasteiger partial charge < -0.3 is 10.1 Å². The maximum atomic E-state index is 13.0. The lowest BCUT2D eigenvalue weighted by atomic mass is 9.67. The molecule has 1 aliphatic heterocycles. The van der Waals surface area contributed by atoms with Gasteiger partial charge in [0.15, 0.2) is 0 Å². The van der Waals surface area contributed by atoms with Crippen LogP contribution in [0, 0.1) is 11.3 Å². The van der Waals surface area contributed by atoms with Crippen LogP contribution < -0.4 is 10.1 Å². The van der Waals surface area contributed by atoms with Crippen molar-refractivity contribution >= 4 is 21.6 Å². The Morgan fingerprint density at radius 2 is 1.84 bits per heavy atom. The molecule has 1 aromatic carbocycles. The molecule has 1 N–H and O–H groups in total. The van der Waals surface area contributed by atoms with Crippen molar-refractivity contribution in [1.29, 1.82) is 0 Å². The second-order valence-electron chi connectivity index (χ2n) is 7.25. The third-order valence-electron chi connectivity index (χ3n) is 5.61. The molecule has 7 heteroatoms. The number of methoxy groups -OCH3 is 1. The van der Waals surface area contributed by atoms with E-state index >= 15 is 0 Å². The summed E-state index contributed by atoms with van der Waals surface area (Å²) in [5, 5.41) is 2.96. The van der Waals surface area contributed by atoms with Crippen molar-refractivity contribution in [2.24, 2.45) is 11.3 Å². The Hall–Kier alpha value is -1.60. The Kier molecular flexibility index (Phi) is 5.06. The van der Waals surface area contributed by atoms with Crippen LogP contribution in [0.25, 0.3) is 0 Å². The van der Waals surface area contributed by atoms with Gasteiger partial charge in [-0.3, -0.25) is 4.79 Å². The van der Waals surface area contributed by atoms with E-state index in [2.05, 4.69) is 5.32 Å². The predicted octanol–water partition coefficient (Wildman–Crippen LogP) is 2.48. The van der Waals surface area contributed by atoms with Crippen molar-refractivity contribution in [3.8, 4) is 5.75 Å². The summed E-state index contributed by atoms with van der Waals surface area (Å²) in [6.45, 7) is 0.743. The maximum Gasteiger partial charge on any atom is 0.229 e. The van der Waals surface area contributed by atoms with E-state index in [9.17, 15) is 13.2 Å². The van der Waals surface area contributed by atoms with Crippen LogP contribution in [0.4, 0.5) is 5.69 Å². The van der Waals surface area contributed by atoms with Crippen molar-refractivity contribution in [2.75, 3.05) is 31.8 Å². The number of rotatable bonds is 4. The molecule has 0 unspecified atom stereocenters. The van der Waals surface area contributed by atoms with E-state index in [-0.39, 0.29) is 23.8 Å². The highest BCUT2D eigenvalue weighted by molar-refractivity contribution is 7.88. The summed E-state index contributed by atoms with van der Waals surface area (Å²) < 4.78 is 30.7. The molecule has 1 aromatic rings. The smallest absolute Gasteiger partial charge is 0.229 e. The van der Waals surface area contributed by atoms with Gasteiger partial charge in [0.1, 0.15) is 5.75 Å². The molecule has 1 spiro atoms. The van der Waals surface area contributed by atoms with Crippen molar-refractivity contribution in [2.45, 2.75) is 32.1 Å². The zero-order valence-corrected chi connectivity index (χ0v) is 15.6. The second-order valence-corrected chi connectivity index (χ2v) is 9.23. The van der Waals surface area contributed by atoms with E-state index in [4.69, 9.17) is 4.74 Å². The zero-order valence-electron chi connectivity index (χ0n) is 14.8. The summed E-state index contributed by atoms with van der Waals surface area (Å²) in [4.78, 5) is 13.0. The molecule has 0 aromatic heterocycles. The van der Waals surface area contributed by atoms with E-state index in [0.29, 0.717) is 12.2 Å². The Labute approximate surface area is 149 Å². The number of carbonyl (C=O) groups is 1. The molecule has 1 atom stereocenters. The van der Waals surface area contributed by atoms with Crippen molar-refractivity contribution in [3.63, 3.8) is 0 Å². The number of carbonyl (C=O) groups excluding carboxylic acids is 1. The number of amides is 1. The summed E-state index contributed by atoms with van der Waals surface area (Å²) in [5.41, 5.74) is 0.479. The second kappa shape index (κ2) is 6.96. The normalized spacial score (nSPS) is 23.5. The number of sulfonamides is 1. The van der Waals surface area contributed by atoms with E-state index < -0.39 is 10.0 Å². The first-order chi connectivity index (χ1) is 11.8. The Morgan fingerprint density at radius 1 is 1.20 bits per heavy atom. The molecule has 6 nitrogen and oxygen atoms in total. The fraction of sp³-hybridized carbons (Fsp3) is 0.611. The van der Waals surface area contributed by atoms with Crippen LogP contribution >= 0.6 is 0 Å². The number of hydrogen-bond donors (Lipinski definition) is 1. The van der Waals surface area contributed by atoms with Gasteiger partial charge in [0.05, 0.1) is 19.3 Å². The summed E-state index contributed by atoms with van der Waals surface area (Å²) in [6, 6.07) is 7.19. The molecule has 1 aliphatic carbocycles. The van der Waals surface area contributed by atoms with Gasteiger partial charge in [0.2, 0.25) is 15.9 Å². The highest BCUT2D eigenvalue weighted by Gasteiger charge is 2.52. The minimum Gasteiger partial charge on any atom is -0.497 e. The SMILES string of the molecule is COc1ccc(NC(=O)[C@@H]2CN(S(C)(=O)=O)CC23CCCCC3)cc1. The van der Waals surface area contributed by atoms with Crippen molar-refractivity contribution < 1.29 is 17.9 Å². The van der Waals surface area contributed by atoms with Crippen LogP contribution in [0.1, 0.15) is 32.1 Å². The molecule has 1 amide bonds. The lowest BCUT2D eigenvalue weighted by Gasteiger charge is -2.37. The van der Waals surface area contributed by atoms with Gasteiger partial charge in [-0.15, -0.1) is 0 Å². The number of nitrogens with one attached hydrogen (secondary N) is 1. The standard InChI is InChI=1S/C18H26N2O4S/c1-24-15-8-6-14(7-9-15)19-17(21)16-12-20(25(2,22)23)13-18(16)10-4-3-5-11-18/h6-9,16H,3-5,10-13H2,1-2H3,(H,19,21)/t16-/m0/s1. The third kappa shape index (κ3) is 3.82. The van der Waals surface area contributed by atoms with E-state index in [1.807, 2.05) is 0 Å². The molecule has 3 rings (SSSR count). The molecule has 1 saturated heterocycles. The zero-order chi connectivity index (χ0) is 18.1. The molecule has 1 heterocycles. The number of benzene rings is 1. The van der Waals surface area contributed by atoms with Crippen LogP contribution in [0.3, 0.4) is 0 Å². The van der Waals surface area contributed by atoms with Crippen LogP contribution in [0.2, 0.25) is 0 Å². The predicted molar refractivity (Wildman–Crippen MR) is 97.0 cm³/mol. The number of hydrogen-bond acceptors (Lipinski definition) is 4. The quantitative estimate of drug-likeness (QED) is 0.888. The Bertz CT molecular complexity index is 724. The van der Waals surface area contributed by atoms with E-state index in [0.717, 1.165) is 37.9 Å². The first-order valence-electron chi connectivity index (χ1n) is 8.74. The molecule has 2 aliphatic rings. The lowest BCUT2D eigenvalue weighted by molar-refractivity contribution is -0.123. The average Bonchev–Trinajstić information content (AvgIpc) is 2.95. The van der Waals surface area contributed by atoms with E-state index in [1.165, 1.54) is 10.6 Å². The minimum absolute atomic E-state index is 0.0850. The summed E-state index contributed by atoms with van der Waals surface area (Å²) in [7, 11) is -1.69. The fourth-order valence-corrected chi connectivity index (χ4v) is 5.11. The van der Waals surface area contributed by atoms with Crippen LogP contribution in [0.15, 0.2) is 24.3 Å². The van der Waals surface area contributed by atoms with Gasteiger partial charge >= 0.3 is 0 Å². The molecule has 25 heavy (non-hydrogen) atoms. The molecular weight excluding hydrogens is 340 g/mol. The molecule has 2 fully saturated rings. The maximum absolute atomic E-state index is 13.0. The molecule has 1 saturated carbocycles. The van der Waals surface area contributed by atoms with Crippen LogP contribution in [0.5, 0.6) is 5.75 Å². The first kappa shape index (κ1) is 18.2. The van der Waals surface area contributed by atoms with Gasteiger partial charge in [-0.2, -0.15) is 0 Å². The molecular formula is C18H26N2O4S. The fourth-order valence-electron chi connectivity index (χ4n) is 4.20. The minimum atomic E-state index is -3.29.